The predicted octanol–water partition coefficient (Wildman–Crippen LogP) is 3.76. The third-order valence-electron chi connectivity index (χ3n) is 3.20. The van der Waals surface area contributed by atoms with Gasteiger partial charge < -0.3 is 5.32 Å². The molecule has 0 radical (unpaired) electrons. The maximum atomic E-state index is 13.6. The summed E-state index contributed by atoms with van der Waals surface area (Å²) in [7, 11) is 0. The first-order chi connectivity index (χ1) is 11.4. The van der Waals surface area contributed by atoms with E-state index < -0.39 is 17.5 Å². The smallest absolute Gasteiger partial charge is 0.295 e. The van der Waals surface area contributed by atoms with E-state index in [2.05, 4.69) is 15.4 Å². The second-order valence-corrected chi connectivity index (χ2v) is 5.39. The summed E-state index contributed by atoms with van der Waals surface area (Å²) < 4.78 is 27.9. The van der Waals surface area contributed by atoms with Crippen molar-refractivity contribution in [3.8, 4) is 5.69 Å². The Bertz CT molecular complexity index is 926. The lowest BCUT2D eigenvalue weighted by Crippen LogP contribution is -2.15. The average Bonchev–Trinajstić information content (AvgIpc) is 2.92. The van der Waals surface area contributed by atoms with E-state index in [9.17, 15) is 13.6 Å². The van der Waals surface area contributed by atoms with Crippen molar-refractivity contribution in [3.63, 3.8) is 0 Å². The monoisotopic (exact) mass is 348 g/mol. The van der Waals surface area contributed by atoms with Gasteiger partial charge in [-0.05, 0) is 37.3 Å². The van der Waals surface area contributed by atoms with Crippen LogP contribution in [0.25, 0.3) is 5.69 Å². The Morgan fingerprint density at radius 1 is 1.21 bits per heavy atom. The number of anilines is 1. The quantitative estimate of drug-likeness (QED) is 0.784. The van der Waals surface area contributed by atoms with Gasteiger partial charge >= 0.3 is 0 Å². The van der Waals surface area contributed by atoms with Crippen LogP contribution < -0.4 is 5.32 Å². The molecule has 0 aliphatic rings. The van der Waals surface area contributed by atoms with Gasteiger partial charge in [-0.2, -0.15) is 0 Å². The zero-order chi connectivity index (χ0) is 17.3. The minimum Gasteiger partial charge on any atom is -0.317 e. The van der Waals surface area contributed by atoms with Crippen molar-refractivity contribution in [3.05, 3.63) is 70.8 Å². The first-order valence-electron chi connectivity index (χ1n) is 6.90. The molecule has 1 amide bonds. The lowest BCUT2D eigenvalue weighted by Gasteiger charge is -2.04. The Morgan fingerprint density at radius 2 is 2.00 bits per heavy atom. The molecule has 3 rings (SSSR count). The number of benzene rings is 2. The Hall–Kier alpha value is -2.80. The Labute approximate surface area is 140 Å². The van der Waals surface area contributed by atoms with Gasteiger partial charge in [0.15, 0.2) is 0 Å². The van der Waals surface area contributed by atoms with E-state index in [4.69, 9.17) is 11.6 Å². The van der Waals surface area contributed by atoms with Gasteiger partial charge in [-0.3, -0.25) is 4.79 Å². The van der Waals surface area contributed by atoms with Crippen molar-refractivity contribution in [1.82, 2.24) is 14.8 Å². The van der Waals surface area contributed by atoms with Gasteiger partial charge in [0.2, 0.25) is 5.82 Å². The van der Waals surface area contributed by atoms with Gasteiger partial charge in [-0.25, -0.2) is 18.4 Å². The SMILES string of the molecule is Cc1nc(C(=O)Nc2ccc(F)cc2F)nn1-c1cccc(Cl)c1. The highest BCUT2D eigenvalue weighted by Gasteiger charge is 2.17. The van der Waals surface area contributed by atoms with E-state index in [0.29, 0.717) is 22.6 Å². The summed E-state index contributed by atoms with van der Waals surface area (Å²) in [5, 5.41) is 6.93. The summed E-state index contributed by atoms with van der Waals surface area (Å²) in [4.78, 5) is 16.2. The molecule has 0 unspecified atom stereocenters. The number of carbonyl (C=O) groups is 1. The van der Waals surface area contributed by atoms with Crippen LogP contribution in [0.5, 0.6) is 0 Å². The van der Waals surface area contributed by atoms with E-state index in [1.54, 1.807) is 31.2 Å². The third kappa shape index (κ3) is 3.26. The molecule has 0 saturated heterocycles. The summed E-state index contributed by atoms with van der Waals surface area (Å²) in [5.41, 5.74) is 0.484. The van der Waals surface area contributed by atoms with Crippen LogP contribution in [0, 0.1) is 18.6 Å². The Kier molecular flexibility index (Phi) is 4.26. The number of halogens is 3. The normalized spacial score (nSPS) is 10.7. The molecule has 0 aliphatic heterocycles. The van der Waals surface area contributed by atoms with Gasteiger partial charge in [0.1, 0.15) is 17.5 Å². The lowest BCUT2D eigenvalue weighted by atomic mass is 10.3. The number of nitrogens with one attached hydrogen (secondary N) is 1. The maximum Gasteiger partial charge on any atom is 0.295 e. The van der Waals surface area contributed by atoms with E-state index in [0.717, 1.165) is 12.1 Å². The number of hydrogen-bond donors (Lipinski definition) is 1. The molecule has 1 aromatic heterocycles. The van der Waals surface area contributed by atoms with Crippen LogP contribution in [0.3, 0.4) is 0 Å². The highest BCUT2D eigenvalue weighted by Crippen LogP contribution is 2.17. The Balaban J connectivity index is 1.87. The summed E-state index contributed by atoms with van der Waals surface area (Å²) in [5.74, 6) is -2.00. The molecule has 0 saturated carbocycles. The molecule has 1 heterocycles. The first kappa shape index (κ1) is 16.1. The highest BCUT2D eigenvalue weighted by molar-refractivity contribution is 6.30. The van der Waals surface area contributed by atoms with E-state index >= 15 is 0 Å². The number of aromatic nitrogens is 3. The van der Waals surface area contributed by atoms with Crippen molar-refractivity contribution < 1.29 is 13.6 Å². The molecule has 0 bridgehead atoms. The van der Waals surface area contributed by atoms with Crippen LogP contribution in [0.4, 0.5) is 14.5 Å². The van der Waals surface area contributed by atoms with E-state index in [1.807, 2.05) is 0 Å². The molecule has 0 atom stereocenters. The Morgan fingerprint density at radius 3 is 2.71 bits per heavy atom. The predicted molar refractivity (Wildman–Crippen MR) is 85.4 cm³/mol. The third-order valence-corrected chi connectivity index (χ3v) is 3.44. The molecule has 24 heavy (non-hydrogen) atoms. The largest absolute Gasteiger partial charge is 0.317 e. The molecule has 0 fully saturated rings. The van der Waals surface area contributed by atoms with E-state index in [1.165, 1.54) is 4.68 Å². The topological polar surface area (TPSA) is 59.8 Å². The fourth-order valence-corrected chi connectivity index (χ4v) is 2.29. The van der Waals surface area contributed by atoms with Crippen molar-refractivity contribution in [2.24, 2.45) is 0 Å². The molecule has 2 aromatic carbocycles. The zero-order valence-corrected chi connectivity index (χ0v) is 13.2. The molecule has 3 aromatic rings. The zero-order valence-electron chi connectivity index (χ0n) is 12.4. The van der Waals surface area contributed by atoms with Crippen molar-refractivity contribution >= 4 is 23.2 Å². The minimum atomic E-state index is -0.880. The van der Waals surface area contributed by atoms with Gasteiger partial charge in [0, 0.05) is 11.1 Å². The summed E-state index contributed by atoms with van der Waals surface area (Å²) in [6.45, 7) is 1.67. The fourth-order valence-electron chi connectivity index (χ4n) is 2.11. The number of carbonyl (C=O) groups excluding carboxylic acids is 1. The molecule has 1 N–H and O–H groups in total. The fraction of sp³-hybridized carbons (Fsp3) is 0.0625. The van der Waals surface area contributed by atoms with Crippen molar-refractivity contribution in [2.75, 3.05) is 5.32 Å². The van der Waals surface area contributed by atoms with Crippen LogP contribution in [0.15, 0.2) is 42.5 Å². The second-order valence-electron chi connectivity index (χ2n) is 4.95. The van der Waals surface area contributed by atoms with Gasteiger partial charge in [0.05, 0.1) is 11.4 Å². The molecule has 5 nitrogen and oxygen atoms in total. The first-order valence-corrected chi connectivity index (χ1v) is 7.28. The van der Waals surface area contributed by atoms with Crippen LogP contribution in [0.1, 0.15) is 16.4 Å². The number of aryl methyl sites for hydroxylation is 1. The standard InChI is InChI=1S/C16H11ClF2N4O/c1-9-20-15(22-23(9)12-4-2-3-10(17)7-12)16(24)21-14-6-5-11(18)8-13(14)19/h2-8H,1H3,(H,21,24). The maximum absolute atomic E-state index is 13.6. The van der Waals surface area contributed by atoms with Crippen LogP contribution in [-0.4, -0.2) is 20.7 Å². The van der Waals surface area contributed by atoms with Gasteiger partial charge in [-0.15, -0.1) is 5.10 Å². The summed E-state index contributed by atoms with van der Waals surface area (Å²) in [6.07, 6.45) is 0. The van der Waals surface area contributed by atoms with Crippen molar-refractivity contribution in [2.45, 2.75) is 6.92 Å². The number of rotatable bonds is 3. The number of nitrogens with zero attached hydrogens (tertiary/aromatic N) is 3. The van der Waals surface area contributed by atoms with Gasteiger partial charge in [0.25, 0.3) is 5.91 Å². The van der Waals surface area contributed by atoms with Gasteiger partial charge in [-0.1, -0.05) is 17.7 Å². The molecule has 8 heteroatoms. The van der Waals surface area contributed by atoms with Crippen molar-refractivity contribution in [1.29, 1.82) is 0 Å². The molecular weight excluding hydrogens is 338 g/mol. The average molecular weight is 349 g/mol. The molecule has 122 valence electrons. The highest BCUT2D eigenvalue weighted by atomic mass is 35.5. The number of amides is 1. The summed E-state index contributed by atoms with van der Waals surface area (Å²) in [6, 6.07) is 9.73. The molecule has 0 aliphatic carbocycles. The lowest BCUT2D eigenvalue weighted by molar-refractivity contribution is 0.101. The van der Waals surface area contributed by atoms with Crippen LogP contribution >= 0.6 is 11.6 Å². The van der Waals surface area contributed by atoms with Crippen LogP contribution in [0.2, 0.25) is 5.02 Å². The van der Waals surface area contributed by atoms with E-state index in [-0.39, 0.29) is 11.5 Å². The number of hydrogen-bond acceptors (Lipinski definition) is 3. The second kappa shape index (κ2) is 6.37. The molecular formula is C16H11ClF2N4O. The summed E-state index contributed by atoms with van der Waals surface area (Å²) >= 11 is 5.94. The minimum absolute atomic E-state index is 0.142. The molecule has 0 spiro atoms. The van der Waals surface area contributed by atoms with Crippen LogP contribution in [-0.2, 0) is 0 Å².